The molecular weight excluding hydrogens is 308 g/mol. The Balaban J connectivity index is 2.28. The van der Waals surface area contributed by atoms with E-state index in [0.29, 0.717) is 15.6 Å². The fourth-order valence-electron chi connectivity index (χ4n) is 1.76. The van der Waals surface area contributed by atoms with Crippen LogP contribution in [0.1, 0.15) is 18.5 Å². The van der Waals surface area contributed by atoms with Crippen LogP contribution in [0.15, 0.2) is 36.4 Å². The number of rotatable bonds is 3. The van der Waals surface area contributed by atoms with Crippen LogP contribution in [0, 0.1) is 5.82 Å². The molecule has 2 aromatic carbocycles. The average Bonchev–Trinajstić information content (AvgIpc) is 2.36. The van der Waals surface area contributed by atoms with Crippen molar-refractivity contribution in [2.24, 2.45) is 0 Å². The van der Waals surface area contributed by atoms with Crippen molar-refractivity contribution >= 4 is 40.5 Å². The Kier molecular flexibility index (Phi) is 4.56. The first-order valence-corrected chi connectivity index (χ1v) is 6.78. The van der Waals surface area contributed by atoms with E-state index in [4.69, 9.17) is 34.8 Å². The standard InChI is InChI=1S/C14H11Cl3FN/c1-8(19-14-5-3-2-4-10(14)15)9-6-13(18)12(17)7-11(9)16/h2-8,19H,1H3. The molecule has 0 aliphatic carbocycles. The molecule has 2 aromatic rings. The minimum atomic E-state index is -0.492. The molecule has 0 spiro atoms. The van der Waals surface area contributed by atoms with Crippen molar-refractivity contribution in [1.29, 1.82) is 0 Å². The van der Waals surface area contributed by atoms with Crippen molar-refractivity contribution in [1.82, 2.24) is 0 Å². The molecule has 0 saturated carbocycles. The van der Waals surface area contributed by atoms with Crippen molar-refractivity contribution < 1.29 is 4.39 Å². The van der Waals surface area contributed by atoms with E-state index >= 15 is 0 Å². The van der Waals surface area contributed by atoms with E-state index in [2.05, 4.69) is 5.32 Å². The van der Waals surface area contributed by atoms with Crippen molar-refractivity contribution in [3.8, 4) is 0 Å². The molecule has 0 aliphatic rings. The van der Waals surface area contributed by atoms with Crippen LogP contribution in [0.3, 0.4) is 0 Å². The molecule has 0 amide bonds. The minimum absolute atomic E-state index is 0.0127. The van der Waals surface area contributed by atoms with Gasteiger partial charge in [-0.1, -0.05) is 46.9 Å². The maximum absolute atomic E-state index is 13.5. The van der Waals surface area contributed by atoms with Gasteiger partial charge in [-0.3, -0.25) is 0 Å². The highest BCUT2D eigenvalue weighted by Crippen LogP contribution is 2.32. The van der Waals surface area contributed by atoms with Crippen LogP contribution < -0.4 is 5.32 Å². The zero-order valence-corrected chi connectivity index (χ0v) is 12.3. The third-order valence-electron chi connectivity index (χ3n) is 2.75. The molecule has 0 bridgehead atoms. The topological polar surface area (TPSA) is 12.0 Å². The molecule has 1 unspecified atom stereocenters. The van der Waals surface area contributed by atoms with Gasteiger partial charge in [0.2, 0.25) is 0 Å². The second kappa shape index (κ2) is 6.00. The molecule has 0 aliphatic heterocycles. The van der Waals surface area contributed by atoms with Gasteiger partial charge in [-0.2, -0.15) is 0 Å². The van der Waals surface area contributed by atoms with Crippen molar-refractivity contribution in [2.75, 3.05) is 5.32 Å². The lowest BCUT2D eigenvalue weighted by molar-refractivity contribution is 0.624. The lowest BCUT2D eigenvalue weighted by atomic mass is 10.1. The highest BCUT2D eigenvalue weighted by atomic mass is 35.5. The van der Waals surface area contributed by atoms with Gasteiger partial charge in [-0.15, -0.1) is 0 Å². The molecule has 1 nitrogen and oxygen atoms in total. The van der Waals surface area contributed by atoms with Gasteiger partial charge in [0.15, 0.2) is 0 Å². The van der Waals surface area contributed by atoms with Crippen molar-refractivity contribution in [3.63, 3.8) is 0 Å². The van der Waals surface area contributed by atoms with Crippen molar-refractivity contribution in [2.45, 2.75) is 13.0 Å². The third-order valence-corrected chi connectivity index (χ3v) is 3.70. The van der Waals surface area contributed by atoms with Crippen LogP contribution in [0.4, 0.5) is 10.1 Å². The van der Waals surface area contributed by atoms with Gasteiger partial charge in [0, 0.05) is 5.02 Å². The quantitative estimate of drug-likeness (QED) is 0.689. The lowest BCUT2D eigenvalue weighted by Gasteiger charge is -2.18. The van der Waals surface area contributed by atoms with E-state index in [0.717, 1.165) is 5.69 Å². The van der Waals surface area contributed by atoms with E-state index in [-0.39, 0.29) is 11.1 Å². The maximum Gasteiger partial charge on any atom is 0.142 e. The van der Waals surface area contributed by atoms with E-state index in [1.165, 1.54) is 12.1 Å². The maximum atomic E-state index is 13.5. The fraction of sp³-hybridized carbons (Fsp3) is 0.143. The number of hydrogen-bond donors (Lipinski definition) is 1. The normalized spacial score (nSPS) is 12.3. The number of halogens is 4. The Morgan fingerprint density at radius 3 is 2.37 bits per heavy atom. The van der Waals surface area contributed by atoms with E-state index in [1.807, 2.05) is 25.1 Å². The summed E-state index contributed by atoms with van der Waals surface area (Å²) in [6.07, 6.45) is 0. The summed E-state index contributed by atoms with van der Waals surface area (Å²) in [5.41, 5.74) is 1.39. The van der Waals surface area contributed by atoms with E-state index < -0.39 is 5.82 Å². The Morgan fingerprint density at radius 2 is 1.68 bits per heavy atom. The molecule has 0 heterocycles. The molecule has 5 heteroatoms. The molecule has 0 aromatic heterocycles. The van der Waals surface area contributed by atoms with E-state index in [1.54, 1.807) is 6.07 Å². The minimum Gasteiger partial charge on any atom is -0.377 e. The molecule has 19 heavy (non-hydrogen) atoms. The highest BCUT2D eigenvalue weighted by molar-refractivity contribution is 6.35. The second-order valence-electron chi connectivity index (χ2n) is 4.13. The van der Waals surface area contributed by atoms with Crippen LogP contribution in [-0.2, 0) is 0 Å². The first-order chi connectivity index (χ1) is 8.99. The Hall–Kier alpha value is -0.960. The first kappa shape index (κ1) is 14.4. The Bertz CT molecular complexity index is 601. The van der Waals surface area contributed by atoms with Gasteiger partial charge in [0.05, 0.1) is 21.8 Å². The summed E-state index contributed by atoms with van der Waals surface area (Å²) in [6, 6.07) is 9.87. The van der Waals surface area contributed by atoms with Crippen LogP contribution in [-0.4, -0.2) is 0 Å². The summed E-state index contributed by atoms with van der Waals surface area (Å²) in [6.45, 7) is 1.87. The van der Waals surface area contributed by atoms with Crippen LogP contribution in [0.5, 0.6) is 0 Å². The molecule has 0 saturated heterocycles. The molecular formula is C14H11Cl3FN. The Labute approximate surface area is 126 Å². The summed E-state index contributed by atoms with van der Waals surface area (Å²) in [5, 5.41) is 4.21. The van der Waals surface area contributed by atoms with Crippen LogP contribution in [0.25, 0.3) is 0 Å². The molecule has 0 fully saturated rings. The third kappa shape index (κ3) is 3.33. The highest BCUT2D eigenvalue weighted by Gasteiger charge is 2.14. The fourth-order valence-corrected chi connectivity index (χ4v) is 2.50. The summed E-state index contributed by atoms with van der Waals surface area (Å²) in [4.78, 5) is 0. The summed E-state index contributed by atoms with van der Waals surface area (Å²) < 4.78 is 13.5. The van der Waals surface area contributed by atoms with Gasteiger partial charge >= 0.3 is 0 Å². The Morgan fingerprint density at radius 1 is 1.00 bits per heavy atom. The van der Waals surface area contributed by atoms with E-state index in [9.17, 15) is 4.39 Å². The SMILES string of the molecule is CC(Nc1ccccc1Cl)c1cc(F)c(Cl)cc1Cl. The van der Waals surface area contributed by atoms with Gasteiger partial charge in [-0.05, 0) is 36.8 Å². The van der Waals surface area contributed by atoms with Gasteiger partial charge < -0.3 is 5.32 Å². The molecule has 100 valence electrons. The molecule has 1 N–H and O–H groups in total. The molecule has 0 radical (unpaired) electrons. The van der Waals surface area contributed by atoms with Gasteiger partial charge in [0.25, 0.3) is 0 Å². The zero-order valence-electron chi connectivity index (χ0n) is 10.1. The summed E-state index contributed by atoms with van der Waals surface area (Å²) in [5.74, 6) is -0.492. The predicted molar refractivity (Wildman–Crippen MR) is 79.9 cm³/mol. The first-order valence-electron chi connectivity index (χ1n) is 5.64. The number of benzene rings is 2. The second-order valence-corrected chi connectivity index (χ2v) is 5.36. The number of nitrogens with one attached hydrogen (secondary N) is 1. The van der Waals surface area contributed by atoms with Crippen molar-refractivity contribution in [3.05, 3.63) is 62.8 Å². The average molecular weight is 319 g/mol. The molecule has 1 atom stereocenters. The number of para-hydroxylation sites is 1. The van der Waals surface area contributed by atoms with Crippen LogP contribution in [0.2, 0.25) is 15.1 Å². The smallest absolute Gasteiger partial charge is 0.142 e. The number of anilines is 1. The van der Waals surface area contributed by atoms with Gasteiger partial charge in [0.1, 0.15) is 5.82 Å². The summed E-state index contributed by atoms with van der Waals surface area (Å²) in [7, 11) is 0. The largest absolute Gasteiger partial charge is 0.377 e. The number of hydrogen-bond acceptors (Lipinski definition) is 1. The summed E-state index contributed by atoms with van der Waals surface area (Å²) >= 11 is 17.8. The van der Waals surface area contributed by atoms with Crippen LogP contribution >= 0.6 is 34.8 Å². The van der Waals surface area contributed by atoms with Gasteiger partial charge in [-0.25, -0.2) is 4.39 Å². The lowest BCUT2D eigenvalue weighted by Crippen LogP contribution is -2.08. The zero-order chi connectivity index (χ0) is 14.0. The monoisotopic (exact) mass is 317 g/mol. The predicted octanol–water partition coefficient (Wildman–Crippen LogP) is 5.96. The molecule has 2 rings (SSSR count).